The van der Waals surface area contributed by atoms with Crippen LogP contribution in [0.2, 0.25) is 0 Å². The van der Waals surface area contributed by atoms with Crippen molar-refractivity contribution < 1.29 is 42.4 Å². The van der Waals surface area contributed by atoms with Crippen LogP contribution in [0.15, 0.2) is 0 Å². The van der Waals surface area contributed by atoms with Gasteiger partial charge < -0.3 is 18.1 Å². The Morgan fingerprint density at radius 2 is 1.44 bits per heavy atom. The molecule has 0 radical (unpaired) electrons. The minimum atomic E-state index is -3.17. The molecule has 0 unspecified atom stereocenters. The third kappa shape index (κ3) is 12.4. The van der Waals surface area contributed by atoms with Crippen LogP contribution in [0.25, 0.3) is 0 Å². The molecule has 0 saturated heterocycles. The zero-order valence-electron chi connectivity index (χ0n) is 10.5. The molecule has 0 aromatic carbocycles. The van der Waals surface area contributed by atoms with Gasteiger partial charge in [-0.2, -0.15) is 0 Å². The second kappa shape index (κ2) is 8.46. The van der Waals surface area contributed by atoms with Gasteiger partial charge >= 0.3 is 64.0 Å². The topological polar surface area (TPSA) is 85.2 Å². The van der Waals surface area contributed by atoms with E-state index < -0.39 is 26.2 Å². The fraction of sp³-hybridized carbons (Fsp3) is 0.875. The minimum absolute atomic E-state index is 0.0791. The van der Waals surface area contributed by atoms with Crippen molar-refractivity contribution in [2.24, 2.45) is 5.41 Å². The van der Waals surface area contributed by atoms with E-state index in [4.69, 9.17) is 8.56 Å². The van der Waals surface area contributed by atoms with Gasteiger partial charge in [0.1, 0.15) is 0 Å². The van der Waals surface area contributed by atoms with E-state index in [0.717, 1.165) is 0 Å². The normalized spacial score (nSPS) is 13.1. The number of hydrogen-bond acceptors (Lipinski definition) is 5. The van der Waals surface area contributed by atoms with Crippen molar-refractivity contribution in [2.75, 3.05) is 21.3 Å². The van der Waals surface area contributed by atoms with E-state index in [1.807, 2.05) is 20.8 Å². The fourth-order valence-corrected chi connectivity index (χ4v) is 3.23. The van der Waals surface area contributed by atoms with Crippen molar-refractivity contribution in [3.05, 3.63) is 0 Å². The summed E-state index contributed by atoms with van der Waals surface area (Å²) in [6.07, 6.45) is 0. The molecule has 0 heterocycles. The number of rotatable bonds is 3. The summed E-state index contributed by atoms with van der Waals surface area (Å²) in [5.74, 6) is 0. The predicted octanol–water partition coefficient (Wildman–Crippen LogP) is 0.0592. The Balaban J connectivity index is 0. The van der Waals surface area contributed by atoms with Crippen LogP contribution in [0, 0.1) is 5.41 Å². The maximum absolute atomic E-state index is 10.2. The maximum Gasteiger partial charge on any atom is 0.676 e. The van der Waals surface area contributed by atoms with Crippen molar-refractivity contribution in [3.8, 4) is 0 Å². The van der Waals surface area contributed by atoms with E-state index in [-0.39, 0.29) is 5.41 Å². The van der Waals surface area contributed by atoms with Crippen molar-refractivity contribution >= 4 is 13.4 Å². The molecule has 16 heavy (non-hydrogen) atoms. The Hall–Kier alpha value is 0.375. The van der Waals surface area contributed by atoms with Crippen LogP contribution in [0.3, 0.4) is 0 Å². The van der Waals surface area contributed by atoms with E-state index >= 15 is 0 Å². The van der Waals surface area contributed by atoms with E-state index in [2.05, 4.69) is 13.3 Å². The fourth-order valence-electron chi connectivity index (χ4n) is 0.552. The first kappa shape index (κ1) is 18.7. The van der Waals surface area contributed by atoms with Gasteiger partial charge in [-0.3, -0.25) is 0 Å². The second-order valence-electron chi connectivity index (χ2n) is 3.90. The Morgan fingerprint density at radius 3 is 1.44 bits per heavy atom. The van der Waals surface area contributed by atoms with Crippen LogP contribution in [0.5, 0.6) is 0 Å². The molecule has 0 saturated carbocycles. The number of hydrogen-bond donors (Lipinski definition) is 2. The maximum atomic E-state index is 10.2. The van der Waals surface area contributed by atoms with Gasteiger partial charge in [0.25, 0.3) is 0 Å². The van der Waals surface area contributed by atoms with Gasteiger partial charge in [-0.1, -0.05) is 0 Å². The molecule has 0 aliphatic heterocycles. The molecule has 0 spiro atoms. The van der Waals surface area contributed by atoms with Crippen LogP contribution in [0.1, 0.15) is 20.8 Å². The van der Waals surface area contributed by atoms with Crippen LogP contribution >= 0.6 is 0 Å². The summed E-state index contributed by atoms with van der Waals surface area (Å²) in [5, 5.41) is 0. The van der Waals surface area contributed by atoms with Crippen LogP contribution < -0.4 is 0 Å². The summed E-state index contributed by atoms with van der Waals surface area (Å²) >= 11 is -3.13. The third-order valence-electron chi connectivity index (χ3n) is 1.23. The SMILES string of the molecule is CC(C)(C)[CH]=[W](=[O])[OH].CO[Si](O)(OC)OC. The average molecular weight is 425 g/mol. The van der Waals surface area contributed by atoms with Gasteiger partial charge in [0.05, 0.1) is 0 Å². The molecule has 99 valence electrons. The molecule has 0 fully saturated rings. The molecule has 0 aliphatic carbocycles. The quantitative estimate of drug-likeness (QED) is 0.623. The second-order valence-corrected chi connectivity index (χ2v) is 9.00. The molecule has 0 aromatic rings. The Kier molecular flexibility index (Phi) is 9.91. The van der Waals surface area contributed by atoms with Gasteiger partial charge in [0, 0.05) is 21.3 Å². The third-order valence-corrected chi connectivity index (χ3v) is 6.04. The molecule has 2 N–H and O–H groups in total. The molecule has 0 aromatic heterocycles. The Bertz CT molecular complexity index is 243. The van der Waals surface area contributed by atoms with E-state index in [9.17, 15) is 3.40 Å². The van der Waals surface area contributed by atoms with Crippen molar-refractivity contribution in [1.29, 1.82) is 0 Å². The van der Waals surface area contributed by atoms with Crippen LogP contribution in [-0.4, -0.2) is 43.3 Å². The average Bonchev–Trinajstić information content (AvgIpc) is 2.14. The van der Waals surface area contributed by atoms with E-state index in [1.54, 1.807) is 4.40 Å². The van der Waals surface area contributed by atoms with Crippen LogP contribution in [-0.2, 0) is 33.9 Å². The largest absolute Gasteiger partial charge is 0.676 e. The molecular formula is C8H21O6SiW. The van der Waals surface area contributed by atoms with Crippen molar-refractivity contribution in [1.82, 2.24) is 0 Å². The van der Waals surface area contributed by atoms with Crippen molar-refractivity contribution in [3.63, 3.8) is 0 Å². The molecule has 0 amide bonds. The smallest absolute Gasteiger partial charge is 0.367 e. The Labute approximate surface area is 103 Å². The summed E-state index contributed by atoms with van der Waals surface area (Å²) in [7, 11) is 0.826. The first-order valence-electron chi connectivity index (χ1n) is 4.43. The van der Waals surface area contributed by atoms with E-state index in [1.165, 1.54) is 21.3 Å². The monoisotopic (exact) mass is 425 g/mol. The van der Waals surface area contributed by atoms with Gasteiger partial charge in [0.15, 0.2) is 0 Å². The van der Waals surface area contributed by atoms with Crippen molar-refractivity contribution in [2.45, 2.75) is 20.8 Å². The zero-order chi connectivity index (χ0) is 13.4. The van der Waals surface area contributed by atoms with Gasteiger partial charge in [-0.25, -0.2) is 0 Å². The molecule has 6 nitrogen and oxygen atoms in total. The first-order valence-corrected chi connectivity index (χ1v) is 10.3. The summed E-state index contributed by atoms with van der Waals surface area (Å²) < 4.78 is 33.7. The minimum Gasteiger partial charge on any atom is -0.367 e. The standard InChI is InChI=1S/C5H10.C3H10O4Si.H2O.O.W/c1-5(2,3)4;1-5-8(4,6-2)7-3;;;/h1H,2-4H3;4H,1-3H3;1H2;;/q;;;;+1/p-1. The molecule has 0 bridgehead atoms. The summed E-state index contributed by atoms with van der Waals surface area (Å²) in [4.78, 5) is 8.91. The van der Waals surface area contributed by atoms with E-state index in [0.29, 0.717) is 0 Å². The zero-order valence-corrected chi connectivity index (χ0v) is 14.4. The Morgan fingerprint density at radius 1 is 1.12 bits per heavy atom. The summed E-state index contributed by atoms with van der Waals surface area (Å²) in [6.45, 7) is 5.75. The molecular weight excluding hydrogens is 404 g/mol. The molecule has 0 rings (SSSR count). The molecule has 0 aliphatic rings. The predicted molar refractivity (Wildman–Crippen MR) is 57.4 cm³/mol. The van der Waals surface area contributed by atoms with Gasteiger partial charge in [-0.15, -0.1) is 0 Å². The summed E-state index contributed by atoms with van der Waals surface area (Å²) in [6, 6.07) is 0. The summed E-state index contributed by atoms with van der Waals surface area (Å²) in [5.41, 5.74) is -0.0791. The van der Waals surface area contributed by atoms with Crippen LogP contribution in [0.4, 0.5) is 0 Å². The van der Waals surface area contributed by atoms with Gasteiger partial charge in [0.2, 0.25) is 0 Å². The molecule has 8 heteroatoms. The first-order chi connectivity index (χ1) is 7.10. The van der Waals surface area contributed by atoms with Gasteiger partial charge in [-0.05, 0) is 0 Å². The molecule has 0 atom stereocenters.